The SMILES string of the molecule is CNCc1cc(C)nc(N2CCCC(C)C2C)c1. The van der Waals surface area contributed by atoms with Crippen molar-refractivity contribution in [3.63, 3.8) is 0 Å². The third-order valence-electron chi connectivity index (χ3n) is 4.05. The van der Waals surface area contributed by atoms with E-state index in [0.29, 0.717) is 6.04 Å². The van der Waals surface area contributed by atoms with Crippen molar-refractivity contribution in [2.24, 2.45) is 5.92 Å². The van der Waals surface area contributed by atoms with Gasteiger partial charge >= 0.3 is 0 Å². The molecule has 1 N–H and O–H groups in total. The van der Waals surface area contributed by atoms with Crippen LogP contribution in [0, 0.1) is 12.8 Å². The number of aryl methyl sites for hydroxylation is 1. The van der Waals surface area contributed by atoms with E-state index in [4.69, 9.17) is 4.98 Å². The van der Waals surface area contributed by atoms with E-state index in [0.717, 1.165) is 30.5 Å². The molecule has 1 aromatic heterocycles. The third kappa shape index (κ3) is 2.83. The van der Waals surface area contributed by atoms with Gasteiger partial charge in [0.05, 0.1) is 0 Å². The molecule has 2 heterocycles. The molecule has 1 aliphatic rings. The summed E-state index contributed by atoms with van der Waals surface area (Å²) in [6, 6.07) is 4.99. The molecular weight excluding hydrogens is 222 g/mol. The maximum Gasteiger partial charge on any atom is 0.129 e. The molecule has 1 saturated heterocycles. The normalized spacial score (nSPS) is 24.3. The lowest BCUT2D eigenvalue weighted by atomic mass is 9.92. The number of rotatable bonds is 3. The predicted octanol–water partition coefficient (Wildman–Crippen LogP) is 2.73. The number of pyridine rings is 1. The summed E-state index contributed by atoms with van der Waals surface area (Å²) in [5.41, 5.74) is 2.44. The monoisotopic (exact) mass is 247 g/mol. The van der Waals surface area contributed by atoms with Crippen LogP contribution in [-0.2, 0) is 6.54 Å². The van der Waals surface area contributed by atoms with Gasteiger partial charge in [-0.15, -0.1) is 0 Å². The van der Waals surface area contributed by atoms with Gasteiger partial charge in [-0.25, -0.2) is 4.98 Å². The molecule has 2 atom stereocenters. The summed E-state index contributed by atoms with van der Waals surface area (Å²) in [7, 11) is 1.99. The third-order valence-corrected chi connectivity index (χ3v) is 4.05. The summed E-state index contributed by atoms with van der Waals surface area (Å²) in [4.78, 5) is 7.20. The van der Waals surface area contributed by atoms with Gasteiger partial charge in [0.15, 0.2) is 0 Å². The topological polar surface area (TPSA) is 28.2 Å². The van der Waals surface area contributed by atoms with Crippen molar-refractivity contribution in [3.8, 4) is 0 Å². The van der Waals surface area contributed by atoms with Crippen LogP contribution in [0.15, 0.2) is 12.1 Å². The van der Waals surface area contributed by atoms with Crippen molar-refractivity contribution in [2.75, 3.05) is 18.5 Å². The first-order chi connectivity index (χ1) is 8.61. The number of nitrogens with zero attached hydrogens (tertiary/aromatic N) is 2. The fourth-order valence-corrected chi connectivity index (χ4v) is 2.83. The van der Waals surface area contributed by atoms with E-state index in [2.05, 4.69) is 43.1 Å². The molecule has 2 rings (SSSR count). The molecule has 18 heavy (non-hydrogen) atoms. The molecule has 0 spiro atoms. The fraction of sp³-hybridized carbons (Fsp3) is 0.667. The van der Waals surface area contributed by atoms with Gasteiger partial charge in [-0.3, -0.25) is 0 Å². The van der Waals surface area contributed by atoms with Gasteiger partial charge in [0.1, 0.15) is 5.82 Å². The molecule has 0 saturated carbocycles. The van der Waals surface area contributed by atoms with Crippen LogP contribution in [0.3, 0.4) is 0 Å². The maximum absolute atomic E-state index is 4.72. The Labute approximate surface area is 111 Å². The Morgan fingerprint density at radius 3 is 2.89 bits per heavy atom. The van der Waals surface area contributed by atoms with Crippen LogP contribution >= 0.6 is 0 Å². The molecule has 0 bridgehead atoms. The summed E-state index contributed by atoms with van der Waals surface area (Å²) in [6.45, 7) is 8.81. The van der Waals surface area contributed by atoms with Crippen LogP contribution in [-0.4, -0.2) is 24.6 Å². The first-order valence-electron chi connectivity index (χ1n) is 7.00. The van der Waals surface area contributed by atoms with Crippen LogP contribution < -0.4 is 10.2 Å². The fourth-order valence-electron chi connectivity index (χ4n) is 2.83. The zero-order chi connectivity index (χ0) is 13.1. The lowest BCUT2D eigenvalue weighted by Crippen LogP contribution is -2.43. The van der Waals surface area contributed by atoms with Gasteiger partial charge in [0, 0.05) is 24.8 Å². The molecule has 1 aliphatic heterocycles. The number of nitrogens with one attached hydrogen (secondary N) is 1. The van der Waals surface area contributed by atoms with Crippen LogP contribution in [0.2, 0.25) is 0 Å². The van der Waals surface area contributed by atoms with Gasteiger partial charge in [0.25, 0.3) is 0 Å². The van der Waals surface area contributed by atoms with E-state index < -0.39 is 0 Å². The van der Waals surface area contributed by atoms with E-state index in [1.165, 1.54) is 18.4 Å². The Morgan fingerprint density at radius 1 is 1.39 bits per heavy atom. The van der Waals surface area contributed by atoms with Crippen molar-refractivity contribution in [3.05, 3.63) is 23.4 Å². The van der Waals surface area contributed by atoms with Crippen molar-refractivity contribution in [2.45, 2.75) is 46.2 Å². The molecule has 0 aliphatic carbocycles. The molecule has 1 fully saturated rings. The number of anilines is 1. The Kier molecular flexibility index (Phi) is 4.23. The van der Waals surface area contributed by atoms with E-state index >= 15 is 0 Å². The zero-order valence-corrected chi connectivity index (χ0v) is 12.0. The van der Waals surface area contributed by atoms with Gasteiger partial charge in [0.2, 0.25) is 0 Å². The average Bonchev–Trinajstić information content (AvgIpc) is 2.32. The molecule has 2 unspecified atom stereocenters. The second-order valence-corrected chi connectivity index (χ2v) is 5.56. The van der Waals surface area contributed by atoms with Crippen molar-refractivity contribution >= 4 is 5.82 Å². The van der Waals surface area contributed by atoms with Crippen molar-refractivity contribution in [1.29, 1.82) is 0 Å². The highest BCUT2D eigenvalue weighted by atomic mass is 15.2. The minimum Gasteiger partial charge on any atom is -0.354 e. The lowest BCUT2D eigenvalue weighted by molar-refractivity contribution is 0.361. The predicted molar refractivity (Wildman–Crippen MR) is 76.9 cm³/mol. The molecule has 100 valence electrons. The van der Waals surface area contributed by atoms with E-state index in [1.54, 1.807) is 0 Å². The van der Waals surface area contributed by atoms with Crippen LogP contribution in [0.5, 0.6) is 0 Å². The standard InChI is InChI=1S/C15H25N3/c1-11-6-5-7-18(13(11)3)15-9-14(10-16-4)8-12(2)17-15/h8-9,11,13,16H,5-7,10H2,1-4H3. The molecule has 0 aromatic carbocycles. The lowest BCUT2D eigenvalue weighted by Gasteiger charge is -2.39. The first-order valence-corrected chi connectivity index (χ1v) is 7.00. The van der Waals surface area contributed by atoms with Gasteiger partial charge in [-0.1, -0.05) is 6.92 Å². The summed E-state index contributed by atoms with van der Waals surface area (Å²) in [5, 5.41) is 3.22. The molecule has 0 amide bonds. The Balaban J connectivity index is 2.26. The summed E-state index contributed by atoms with van der Waals surface area (Å²) in [6.07, 6.45) is 2.62. The largest absolute Gasteiger partial charge is 0.354 e. The highest BCUT2D eigenvalue weighted by Crippen LogP contribution is 2.27. The zero-order valence-electron chi connectivity index (χ0n) is 12.0. The number of aromatic nitrogens is 1. The van der Waals surface area contributed by atoms with Gasteiger partial charge in [-0.05, 0) is 57.4 Å². The van der Waals surface area contributed by atoms with E-state index in [-0.39, 0.29) is 0 Å². The first kappa shape index (κ1) is 13.3. The summed E-state index contributed by atoms with van der Waals surface area (Å²) < 4.78 is 0. The highest BCUT2D eigenvalue weighted by molar-refractivity contribution is 5.44. The molecule has 3 heteroatoms. The molecule has 1 aromatic rings. The second-order valence-electron chi connectivity index (χ2n) is 5.56. The maximum atomic E-state index is 4.72. The van der Waals surface area contributed by atoms with E-state index in [9.17, 15) is 0 Å². The smallest absolute Gasteiger partial charge is 0.129 e. The summed E-state index contributed by atoms with van der Waals surface area (Å²) >= 11 is 0. The Hall–Kier alpha value is -1.09. The minimum atomic E-state index is 0.593. The van der Waals surface area contributed by atoms with Crippen LogP contribution in [0.25, 0.3) is 0 Å². The molecule has 3 nitrogen and oxygen atoms in total. The quantitative estimate of drug-likeness (QED) is 0.890. The Bertz CT molecular complexity index is 403. The van der Waals surface area contributed by atoms with E-state index in [1.807, 2.05) is 7.05 Å². The highest BCUT2D eigenvalue weighted by Gasteiger charge is 2.25. The molecular formula is C15H25N3. The number of hydrogen-bond donors (Lipinski definition) is 1. The Morgan fingerprint density at radius 2 is 2.17 bits per heavy atom. The van der Waals surface area contributed by atoms with Gasteiger partial charge in [-0.2, -0.15) is 0 Å². The van der Waals surface area contributed by atoms with Crippen molar-refractivity contribution in [1.82, 2.24) is 10.3 Å². The van der Waals surface area contributed by atoms with Crippen LogP contribution in [0.1, 0.15) is 37.9 Å². The van der Waals surface area contributed by atoms with Crippen molar-refractivity contribution < 1.29 is 0 Å². The number of hydrogen-bond acceptors (Lipinski definition) is 3. The van der Waals surface area contributed by atoms with Crippen LogP contribution in [0.4, 0.5) is 5.82 Å². The second kappa shape index (κ2) is 5.70. The average molecular weight is 247 g/mol. The van der Waals surface area contributed by atoms with Gasteiger partial charge < -0.3 is 10.2 Å². The minimum absolute atomic E-state index is 0.593. The number of piperidine rings is 1. The molecule has 0 radical (unpaired) electrons. The summed E-state index contributed by atoms with van der Waals surface area (Å²) in [5.74, 6) is 1.91.